The van der Waals surface area contributed by atoms with Gasteiger partial charge in [0.05, 0.1) is 0 Å². The van der Waals surface area contributed by atoms with E-state index in [1.807, 2.05) is 0 Å². The molecule has 0 unspecified atom stereocenters. The van der Waals surface area contributed by atoms with Crippen molar-refractivity contribution in [2.24, 2.45) is 9.98 Å². The normalized spacial score (nSPS) is 9.17. The van der Waals surface area contributed by atoms with Gasteiger partial charge < -0.3 is 0 Å². The second-order valence-electron chi connectivity index (χ2n) is 4.23. The van der Waals surface area contributed by atoms with Crippen molar-refractivity contribution >= 4 is 12.2 Å². The van der Waals surface area contributed by atoms with Crippen LogP contribution in [0.3, 0.4) is 0 Å². The molecule has 0 aromatic heterocycles. The third-order valence-electron chi connectivity index (χ3n) is 2.70. The van der Waals surface area contributed by atoms with Gasteiger partial charge in [-0.15, -0.1) is 9.98 Å². The molecule has 0 spiro atoms. The number of allylic oxidation sites excluding steroid dienone is 1. The van der Waals surface area contributed by atoms with E-state index in [9.17, 15) is 9.59 Å². The Morgan fingerprint density at radius 1 is 0.889 bits per heavy atom. The summed E-state index contributed by atoms with van der Waals surface area (Å²) in [6, 6.07) is 0. The van der Waals surface area contributed by atoms with E-state index < -0.39 is 0 Å². The van der Waals surface area contributed by atoms with Crippen molar-refractivity contribution in [1.29, 1.82) is 0 Å². The Bertz CT molecular complexity index is 305. The fraction of sp³-hybridized carbons (Fsp3) is 0.714. The molecule has 0 amide bonds. The molecule has 0 rings (SSSR count). The molecular formula is C14H22N2O2. The van der Waals surface area contributed by atoms with Crippen LogP contribution in [-0.2, 0) is 9.59 Å². The summed E-state index contributed by atoms with van der Waals surface area (Å²) >= 11 is 0. The maximum absolute atomic E-state index is 10.0. The Labute approximate surface area is 109 Å². The van der Waals surface area contributed by atoms with Gasteiger partial charge in [0.25, 0.3) is 0 Å². The average molecular weight is 250 g/mol. The molecule has 0 aliphatic carbocycles. The first-order valence-corrected chi connectivity index (χ1v) is 6.71. The molecule has 0 aromatic carbocycles. The predicted molar refractivity (Wildman–Crippen MR) is 71.6 cm³/mol. The van der Waals surface area contributed by atoms with E-state index in [2.05, 4.69) is 16.9 Å². The van der Waals surface area contributed by atoms with Crippen molar-refractivity contribution < 1.29 is 9.59 Å². The summed E-state index contributed by atoms with van der Waals surface area (Å²) in [6.07, 6.45) is 15.2. The van der Waals surface area contributed by atoms with E-state index in [-0.39, 0.29) is 5.82 Å². The van der Waals surface area contributed by atoms with Crippen LogP contribution in [0.2, 0.25) is 0 Å². The first-order valence-electron chi connectivity index (χ1n) is 6.71. The van der Waals surface area contributed by atoms with E-state index in [0.29, 0.717) is 0 Å². The first-order chi connectivity index (χ1) is 8.85. The molecule has 0 N–H and O–H groups in total. The highest BCUT2D eigenvalue weighted by molar-refractivity contribution is 5.41. The van der Waals surface area contributed by atoms with Crippen LogP contribution in [-0.4, -0.2) is 12.2 Å². The third kappa shape index (κ3) is 11.0. The molecule has 18 heavy (non-hydrogen) atoms. The molecule has 0 radical (unpaired) electrons. The standard InChI is InChI=1S/C14H22N2O2/c1-2-3-4-5-6-7-8-9-10-11-14(15-12-17)16-13-18/h11H,2-10H2,1H3. The zero-order valence-electron chi connectivity index (χ0n) is 11.2. The van der Waals surface area contributed by atoms with Crippen molar-refractivity contribution in [2.45, 2.75) is 64.7 Å². The highest BCUT2D eigenvalue weighted by atomic mass is 16.1. The second kappa shape index (κ2) is 13.6. The molecule has 100 valence electrons. The Balaban J connectivity index is 3.56. The molecule has 0 aromatic rings. The fourth-order valence-electron chi connectivity index (χ4n) is 1.72. The molecule has 4 nitrogen and oxygen atoms in total. The fourth-order valence-corrected chi connectivity index (χ4v) is 1.72. The lowest BCUT2D eigenvalue weighted by Crippen LogP contribution is -1.81. The summed E-state index contributed by atoms with van der Waals surface area (Å²) < 4.78 is 0. The minimum absolute atomic E-state index is 0.114. The van der Waals surface area contributed by atoms with Crippen molar-refractivity contribution in [3.63, 3.8) is 0 Å². The maximum atomic E-state index is 10.0. The lowest BCUT2D eigenvalue weighted by molar-refractivity contribution is 0.562. The number of isocyanates is 2. The number of carbonyl (C=O) groups excluding carboxylic acids is 2. The van der Waals surface area contributed by atoms with E-state index in [1.165, 1.54) is 50.7 Å². The summed E-state index contributed by atoms with van der Waals surface area (Å²) in [5.41, 5.74) is 0. The van der Waals surface area contributed by atoms with Crippen LogP contribution in [0.4, 0.5) is 0 Å². The smallest absolute Gasteiger partial charge is 0.211 e. The van der Waals surface area contributed by atoms with Gasteiger partial charge in [0.15, 0.2) is 5.82 Å². The molecule has 0 saturated heterocycles. The number of hydrogen-bond acceptors (Lipinski definition) is 4. The van der Waals surface area contributed by atoms with Crippen LogP contribution in [0.1, 0.15) is 64.7 Å². The highest BCUT2D eigenvalue weighted by Crippen LogP contribution is 2.10. The van der Waals surface area contributed by atoms with Crippen molar-refractivity contribution in [3.05, 3.63) is 11.9 Å². The largest absolute Gasteiger partial charge is 0.242 e. The number of rotatable bonds is 11. The van der Waals surface area contributed by atoms with Gasteiger partial charge in [0, 0.05) is 0 Å². The Kier molecular flexibility index (Phi) is 12.4. The molecular weight excluding hydrogens is 228 g/mol. The highest BCUT2D eigenvalue weighted by Gasteiger charge is 1.93. The average Bonchev–Trinajstić information content (AvgIpc) is 2.37. The Morgan fingerprint density at radius 3 is 1.89 bits per heavy atom. The summed E-state index contributed by atoms with van der Waals surface area (Å²) in [5.74, 6) is 0.114. The van der Waals surface area contributed by atoms with Gasteiger partial charge >= 0.3 is 0 Å². The minimum atomic E-state index is 0.114. The molecule has 0 fully saturated rings. The van der Waals surface area contributed by atoms with Crippen LogP contribution in [0, 0.1) is 0 Å². The number of unbranched alkanes of at least 4 members (excludes halogenated alkanes) is 8. The van der Waals surface area contributed by atoms with E-state index >= 15 is 0 Å². The van der Waals surface area contributed by atoms with Crippen LogP contribution >= 0.6 is 0 Å². The van der Waals surface area contributed by atoms with Crippen LogP contribution in [0.15, 0.2) is 21.9 Å². The zero-order valence-corrected chi connectivity index (χ0v) is 11.2. The summed E-state index contributed by atoms with van der Waals surface area (Å²) in [7, 11) is 0. The van der Waals surface area contributed by atoms with Gasteiger partial charge in [0.2, 0.25) is 12.2 Å². The Morgan fingerprint density at radius 2 is 1.39 bits per heavy atom. The Hall–Kier alpha value is -1.50. The van der Waals surface area contributed by atoms with Gasteiger partial charge in [-0.2, -0.15) is 0 Å². The SMILES string of the molecule is CCCCCCCCCCC=C(N=C=O)N=C=O. The van der Waals surface area contributed by atoms with Gasteiger partial charge in [-0.25, -0.2) is 9.59 Å². The van der Waals surface area contributed by atoms with E-state index in [1.54, 1.807) is 6.08 Å². The zero-order chi connectivity index (χ0) is 13.5. The van der Waals surface area contributed by atoms with Crippen LogP contribution in [0.25, 0.3) is 0 Å². The number of nitrogens with zero attached hydrogens (tertiary/aromatic N) is 2. The van der Waals surface area contributed by atoms with Crippen molar-refractivity contribution in [3.8, 4) is 0 Å². The quantitative estimate of drug-likeness (QED) is 0.316. The topological polar surface area (TPSA) is 58.9 Å². The molecule has 0 heterocycles. The predicted octanol–water partition coefficient (Wildman–Crippen LogP) is 4.03. The molecule has 0 aliphatic rings. The van der Waals surface area contributed by atoms with Gasteiger partial charge in [-0.3, -0.25) is 0 Å². The summed E-state index contributed by atoms with van der Waals surface area (Å²) in [6.45, 7) is 2.22. The molecule has 0 bridgehead atoms. The number of hydrogen-bond donors (Lipinski definition) is 0. The first kappa shape index (κ1) is 16.5. The van der Waals surface area contributed by atoms with Gasteiger partial charge in [0.1, 0.15) is 0 Å². The second-order valence-corrected chi connectivity index (χ2v) is 4.23. The molecule has 0 atom stereocenters. The van der Waals surface area contributed by atoms with Crippen molar-refractivity contribution in [1.82, 2.24) is 0 Å². The maximum Gasteiger partial charge on any atom is 0.242 e. The van der Waals surface area contributed by atoms with Gasteiger partial charge in [-0.05, 0) is 18.9 Å². The lowest BCUT2D eigenvalue weighted by atomic mass is 10.1. The minimum Gasteiger partial charge on any atom is -0.211 e. The molecule has 4 heteroatoms. The van der Waals surface area contributed by atoms with Crippen LogP contribution in [0.5, 0.6) is 0 Å². The van der Waals surface area contributed by atoms with E-state index in [4.69, 9.17) is 0 Å². The van der Waals surface area contributed by atoms with Crippen LogP contribution < -0.4 is 0 Å². The molecule has 0 aliphatic heterocycles. The third-order valence-corrected chi connectivity index (χ3v) is 2.70. The summed E-state index contributed by atoms with van der Waals surface area (Å²) in [4.78, 5) is 26.7. The van der Waals surface area contributed by atoms with Gasteiger partial charge in [-0.1, -0.05) is 51.9 Å². The van der Waals surface area contributed by atoms with E-state index in [0.717, 1.165) is 19.3 Å². The molecule has 0 saturated carbocycles. The monoisotopic (exact) mass is 250 g/mol. The summed E-state index contributed by atoms with van der Waals surface area (Å²) in [5, 5.41) is 0. The lowest BCUT2D eigenvalue weighted by Gasteiger charge is -1.99. The van der Waals surface area contributed by atoms with Crippen molar-refractivity contribution in [2.75, 3.05) is 0 Å². The number of aliphatic imine (C=N–C) groups is 2.